The number of para-hydroxylation sites is 1. The Morgan fingerprint density at radius 1 is 1.04 bits per heavy atom. The van der Waals surface area contributed by atoms with Crippen LogP contribution in [0.3, 0.4) is 0 Å². The lowest BCUT2D eigenvalue weighted by molar-refractivity contribution is 0.0977. The predicted octanol–water partition coefficient (Wildman–Crippen LogP) is 4.50. The maximum Gasteiger partial charge on any atom is 0.276 e. The third kappa shape index (κ3) is 2.54. The molecular formula is C21H22N2O. The van der Waals surface area contributed by atoms with E-state index in [0.29, 0.717) is 5.69 Å². The number of amides is 1. The van der Waals surface area contributed by atoms with Crippen LogP contribution in [0.5, 0.6) is 0 Å². The molecule has 2 heterocycles. The molecule has 0 saturated heterocycles. The second-order valence-corrected chi connectivity index (χ2v) is 6.74. The monoisotopic (exact) mass is 318 g/mol. The molecule has 0 N–H and O–H groups in total. The van der Waals surface area contributed by atoms with E-state index in [2.05, 4.69) is 35.3 Å². The van der Waals surface area contributed by atoms with Crippen molar-refractivity contribution >= 4 is 11.6 Å². The number of anilines is 1. The first-order chi connectivity index (χ1) is 11.8. The molecule has 1 amide bonds. The molecule has 0 bridgehead atoms. The Bertz CT molecular complexity index is 768. The Balaban J connectivity index is 1.76. The quantitative estimate of drug-likeness (QED) is 0.725. The van der Waals surface area contributed by atoms with Gasteiger partial charge in [-0.15, -0.1) is 0 Å². The fourth-order valence-electron chi connectivity index (χ4n) is 4.06. The largest absolute Gasteiger partial charge is 0.307 e. The maximum atomic E-state index is 12.9. The van der Waals surface area contributed by atoms with Gasteiger partial charge in [-0.2, -0.15) is 0 Å². The van der Waals surface area contributed by atoms with Crippen molar-refractivity contribution < 1.29 is 4.79 Å². The van der Waals surface area contributed by atoms with E-state index in [1.165, 1.54) is 31.2 Å². The molecule has 1 aromatic carbocycles. The van der Waals surface area contributed by atoms with Crippen molar-refractivity contribution in [1.82, 2.24) is 4.98 Å². The van der Waals surface area contributed by atoms with Gasteiger partial charge in [-0.3, -0.25) is 9.78 Å². The van der Waals surface area contributed by atoms with E-state index in [9.17, 15) is 4.79 Å². The van der Waals surface area contributed by atoms with Gasteiger partial charge in [-0.05, 0) is 49.4 Å². The minimum absolute atomic E-state index is 0.00417. The van der Waals surface area contributed by atoms with Crippen molar-refractivity contribution in [1.29, 1.82) is 0 Å². The summed E-state index contributed by atoms with van der Waals surface area (Å²) in [6.07, 6.45) is 12.2. The summed E-state index contributed by atoms with van der Waals surface area (Å²) in [6.45, 7) is 0.747. The van der Waals surface area contributed by atoms with Gasteiger partial charge in [0.2, 0.25) is 0 Å². The van der Waals surface area contributed by atoms with Crippen LogP contribution in [0.1, 0.15) is 48.2 Å². The molecule has 0 radical (unpaired) electrons. The molecular weight excluding hydrogens is 296 g/mol. The number of rotatable bonds is 1. The molecule has 122 valence electrons. The predicted molar refractivity (Wildman–Crippen MR) is 96.3 cm³/mol. The van der Waals surface area contributed by atoms with Crippen molar-refractivity contribution in [3.05, 3.63) is 72.1 Å². The van der Waals surface area contributed by atoms with Crippen LogP contribution >= 0.6 is 0 Å². The van der Waals surface area contributed by atoms with Gasteiger partial charge in [-0.25, -0.2) is 0 Å². The van der Waals surface area contributed by atoms with Crippen molar-refractivity contribution in [3.8, 4) is 0 Å². The van der Waals surface area contributed by atoms with E-state index in [1.807, 2.05) is 23.1 Å². The van der Waals surface area contributed by atoms with Crippen LogP contribution in [-0.4, -0.2) is 17.4 Å². The zero-order valence-electron chi connectivity index (χ0n) is 13.8. The van der Waals surface area contributed by atoms with Gasteiger partial charge in [-0.1, -0.05) is 42.8 Å². The lowest BCUT2D eigenvalue weighted by atomic mass is 9.71. The molecule has 3 nitrogen and oxygen atoms in total. The summed E-state index contributed by atoms with van der Waals surface area (Å²) in [7, 11) is 0. The zero-order valence-corrected chi connectivity index (χ0v) is 13.8. The van der Waals surface area contributed by atoms with E-state index in [-0.39, 0.29) is 11.3 Å². The number of carbonyl (C=O) groups is 1. The van der Waals surface area contributed by atoms with Gasteiger partial charge in [0.05, 0.1) is 0 Å². The molecule has 3 heteroatoms. The second kappa shape index (κ2) is 6.23. The number of allylic oxidation sites excluding steroid dienone is 2. The highest BCUT2D eigenvalue weighted by Crippen LogP contribution is 2.45. The van der Waals surface area contributed by atoms with E-state index in [1.54, 1.807) is 12.3 Å². The molecule has 1 unspecified atom stereocenters. The van der Waals surface area contributed by atoms with Crippen LogP contribution in [0.15, 0.2) is 60.8 Å². The third-order valence-corrected chi connectivity index (χ3v) is 5.32. The average Bonchev–Trinajstić information content (AvgIpc) is 2.89. The third-order valence-electron chi connectivity index (χ3n) is 5.32. The molecule has 1 atom stereocenters. The van der Waals surface area contributed by atoms with Crippen LogP contribution in [0.4, 0.5) is 5.69 Å². The standard InChI is InChI=1S/C21H22N2O/c24-20(18-10-5-8-15-22-18)23-16-14-21(12-6-1-2-7-13-21)17-9-3-4-11-19(17)23/h3-6,8-12,15H,1-2,7,13-14,16H2. The summed E-state index contributed by atoms with van der Waals surface area (Å²) in [5.74, 6) is -0.00417. The Hall–Kier alpha value is -2.42. The first-order valence-corrected chi connectivity index (χ1v) is 8.80. The van der Waals surface area contributed by atoms with E-state index in [0.717, 1.165) is 18.7 Å². The number of carbonyl (C=O) groups excluding carboxylic acids is 1. The maximum absolute atomic E-state index is 12.9. The minimum Gasteiger partial charge on any atom is -0.307 e. The number of fused-ring (bicyclic) bond motifs is 2. The Labute approximate surface area is 143 Å². The molecule has 2 aliphatic rings. The first kappa shape index (κ1) is 15.1. The van der Waals surface area contributed by atoms with Crippen molar-refractivity contribution in [3.63, 3.8) is 0 Å². The molecule has 1 aliphatic carbocycles. The van der Waals surface area contributed by atoms with Gasteiger partial charge < -0.3 is 4.90 Å². The van der Waals surface area contributed by atoms with E-state index in [4.69, 9.17) is 0 Å². The Morgan fingerprint density at radius 3 is 2.79 bits per heavy atom. The summed E-state index contributed by atoms with van der Waals surface area (Å²) in [6, 6.07) is 13.9. The van der Waals surface area contributed by atoms with Crippen LogP contribution in [-0.2, 0) is 5.41 Å². The number of pyridine rings is 1. The van der Waals surface area contributed by atoms with Gasteiger partial charge in [0.1, 0.15) is 5.69 Å². The molecule has 0 fully saturated rings. The Kier molecular flexibility index (Phi) is 3.93. The highest BCUT2D eigenvalue weighted by atomic mass is 16.2. The SMILES string of the molecule is O=C(c1ccccn1)N1CCC2(C=CCCCC2)c2ccccc21. The topological polar surface area (TPSA) is 33.2 Å². The van der Waals surface area contributed by atoms with E-state index >= 15 is 0 Å². The number of aromatic nitrogens is 1. The Morgan fingerprint density at radius 2 is 1.92 bits per heavy atom. The van der Waals surface area contributed by atoms with Gasteiger partial charge in [0.25, 0.3) is 5.91 Å². The molecule has 24 heavy (non-hydrogen) atoms. The van der Waals surface area contributed by atoms with Crippen molar-refractivity contribution in [2.24, 2.45) is 0 Å². The fraction of sp³-hybridized carbons (Fsp3) is 0.333. The summed E-state index contributed by atoms with van der Waals surface area (Å²) < 4.78 is 0. The second-order valence-electron chi connectivity index (χ2n) is 6.74. The van der Waals surface area contributed by atoms with Gasteiger partial charge in [0.15, 0.2) is 0 Å². The number of hydrogen-bond donors (Lipinski definition) is 0. The van der Waals surface area contributed by atoms with Crippen molar-refractivity contribution in [2.45, 2.75) is 37.5 Å². The number of benzene rings is 1. The normalized spacial score (nSPS) is 22.9. The van der Waals surface area contributed by atoms with Crippen LogP contribution in [0.25, 0.3) is 0 Å². The molecule has 1 aromatic heterocycles. The smallest absolute Gasteiger partial charge is 0.276 e. The molecule has 2 aromatic rings. The summed E-state index contributed by atoms with van der Waals surface area (Å²) in [4.78, 5) is 19.1. The number of nitrogens with zero attached hydrogens (tertiary/aromatic N) is 2. The summed E-state index contributed by atoms with van der Waals surface area (Å²) >= 11 is 0. The average molecular weight is 318 g/mol. The minimum atomic E-state index is -0.00417. The van der Waals surface area contributed by atoms with Crippen LogP contribution < -0.4 is 4.90 Å². The fourth-order valence-corrected chi connectivity index (χ4v) is 4.06. The molecule has 0 saturated carbocycles. The molecule has 1 aliphatic heterocycles. The summed E-state index contributed by atoms with van der Waals surface area (Å²) in [5, 5.41) is 0. The van der Waals surface area contributed by atoms with Gasteiger partial charge >= 0.3 is 0 Å². The molecule has 4 rings (SSSR count). The van der Waals surface area contributed by atoms with Gasteiger partial charge in [0, 0.05) is 23.8 Å². The van der Waals surface area contributed by atoms with E-state index < -0.39 is 0 Å². The highest BCUT2D eigenvalue weighted by Gasteiger charge is 2.39. The lowest BCUT2D eigenvalue weighted by Crippen LogP contribution is -2.42. The zero-order chi connectivity index (χ0) is 16.4. The lowest BCUT2D eigenvalue weighted by Gasteiger charge is -2.41. The molecule has 1 spiro atoms. The van der Waals surface area contributed by atoms with Crippen molar-refractivity contribution in [2.75, 3.05) is 11.4 Å². The highest BCUT2D eigenvalue weighted by molar-refractivity contribution is 6.05. The first-order valence-electron chi connectivity index (χ1n) is 8.80. The van der Waals surface area contributed by atoms with Crippen LogP contribution in [0.2, 0.25) is 0 Å². The van der Waals surface area contributed by atoms with Crippen LogP contribution in [0, 0.1) is 0 Å². The number of hydrogen-bond acceptors (Lipinski definition) is 2. The summed E-state index contributed by atoms with van der Waals surface area (Å²) in [5.41, 5.74) is 2.94.